The Bertz CT molecular complexity index is 684. The molecule has 7 heteroatoms. The molecule has 23 heavy (non-hydrogen) atoms. The van der Waals surface area contributed by atoms with Gasteiger partial charge in [-0.05, 0) is 36.2 Å². The SMILES string of the molecule is Cc1cc([C@@H](C)NC(=O)CCc2nc(N(C)C)no2)ccc1F. The van der Waals surface area contributed by atoms with Crippen molar-refractivity contribution in [1.82, 2.24) is 15.5 Å². The molecule has 1 aromatic heterocycles. The minimum Gasteiger partial charge on any atom is -0.350 e. The van der Waals surface area contributed by atoms with Gasteiger partial charge in [-0.3, -0.25) is 4.79 Å². The van der Waals surface area contributed by atoms with Gasteiger partial charge in [0.05, 0.1) is 6.04 Å². The highest BCUT2D eigenvalue weighted by molar-refractivity contribution is 5.76. The summed E-state index contributed by atoms with van der Waals surface area (Å²) in [5.74, 6) is 0.536. The molecule has 0 bridgehead atoms. The molecule has 0 fully saturated rings. The topological polar surface area (TPSA) is 71.3 Å². The molecule has 1 aromatic carbocycles. The Kier molecular flexibility index (Phi) is 5.31. The van der Waals surface area contributed by atoms with Crippen molar-refractivity contribution in [2.24, 2.45) is 0 Å². The van der Waals surface area contributed by atoms with E-state index in [1.54, 1.807) is 24.0 Å². The normalized spacial score (nSPS) is 12.0. The van der Waals surface area contributed by atoms with Gasteiger partial charge < -0.3 is 14.7 Å². The van der Waals surface area contributed by atoms with E-state index in [4.69, 9.17) is 4.52 Å². The van der Waals surface area contributed by atoms with Crippen LogP contribution < -0.4 is 10.2 Å². The first-order chi connectivity index (χ1) is 10.9. The number of rotatable bonds is 6. The minimum atomic E-state index is -0.250. The highest BCUT2D eigenvalue weighted by Gasteiger charge is 2.13. The first kappa shape index (κ1) is 16.9. The average molecular weight is 320 g/mol. The summed E-state index contributed by atoms with van der Waals surface area (Å²) in [5, 5.41) is 6.67. The lowest BCUT2D eigenvalue weighted by molar-refractivity contribution is -0.121. The second-order valence-corrected chi connectivity index (χ2v) is 5.68. The number of halogens is 1. The quantitative estimate of drug-likeness (QED) is 0.885. The highest BCUT2D eigenvalue weighted by Crippen LogP contribution is 2.16. The summed E-state index contributed by atoms with van der Waals surface area (Å²) in [6, 6.07) is 4.63. The summed E-state index contributed by atoms with van der Waals surface area (Å²) in [6.07, 6.45) is 0.626. The number of nitrogens with zero attached hydrogens (tertiary/aromatic N) is 3. The second kappa shape index (κ2) is 7.21. The predicted molar refractivity (Wildman–Crippen MR) is 84.6 cm³/mol. The summed E-state index contributed by atoms with van der Waals surface area (Å²) in [4.78, 5) is 17.9. The Hall–Kier alpha value is -2.44. The number of carbonyl (C=O) groups excluding carboxylic acids is 1. The third-order valence-electron chi connectivity index (χ3n) is 3.48. The van der Waals surface area contributed by atoms with Crippen LogP contribution in [0.15, 0.2) is 22.7 Å². The van der Waals surface area contributed by atoms with Gasteiger partial charge in [0.1, 0.15) is 5.82 Å². The molecular formula is C16H21FN4O2. The minimum absolute atomic E-state index is 0.121. The molecule has 0 aliphatic heterocycles. The van der Waals surface area contributed by atoms with E-state index in [-0.39, 0.29) is 24.2 Å². The molecule has 0 aliphatic rings. The summed E-state index contributed by atoms with van der Waals surface area (Å²) < 4.78 is 18.3. The molecule has 1 atom stereocenters. The largest absolute Gasteiger partial charge is 0.350 e. The van der Waals surface area contributed by atoms with Crippen molar-refractivity contribution in [1.29, 1.82) is 0 Å². The van der Waals surface area contributed by atoms with Crippen LogP contribution in [0.4, 0.5) is 10.3 Å². The van der Waals surface area contributed by atoms with Crippen LogP contribution in [0.1, 0.15) is 36.4 Å². The van der Waals surface area contributed by atoms with E-state index in [0.29, 0.717) is 23.8 Å². The van der Waals surface area contributed by atoms with Gasteiger partial charge >= 0.3 is 0 Å². The number of benzene rings is 1. The van der Waals surface area contributed by atoms with E-state index in [1.807, 2.05) is 21.0 Å². The van der Waals surface area contributed by atoms with Gasteiger partial charge in [-0.1, -0.05) is 12.1 Å². The van der Waals surface area contributed by atoms with Crippen LogP contribution >= 0.6 is 0 Å². The third kappa shape index (κ3) is 4.51. The number of aryl methyl sites for hydroxylation is 2. The van der Waals surface area contributed by atoms with E-state index in [0.717, 1.165) is 5.56 Å². The van der Waals surface area contributed by atoms with Crippen molar-refractivity contribution in [3.63, 3.8) is 0 Å². The molecule has 1 amide bonds. The monoisotopic (exact) mass is 320 g/mol. The Morgan fingerprint density at radius 3 is 2.78 bits per heavy atom. The summed E-state index contributed by atoms with van der Waals surface area (Å²) in [7, 11) is 3.63. The molecular weight excluding hydrogens is 299 g/mol. The number of hydrogen-bond donors (Lipinski definition) is 1. The van der Waals surface area contributed by atoms with Gasteiger partial charge in [0, 0.05) is 26.9 Å². The molecule has 0 spiro atoms. The van der Waals surface area contributed by atoms with Gasteiger partial charge in [-0.15, -0.1) is 0 Å². The van der Waals surface area contributed by atoms with Crippen LogP contribution in [0.5, 0.6) is 0 Å². The average Bonchev–Trinajstić information content (AvgIpc) is 2.97. The van der Waals surface area contributed by atoms with Crippen LogP contribution in [-0.2, 0) is 11.2 Å². The lowest BCUT2D eigenvalue weighted by Crippen LogP contribution is -2.27. The number of nitrogens with one attached hydrogen (secondary N) is 1. The van der Waals surface area contributed by atoms with E-state index < -0.39 is 0 Å². The highest BCUT2D eigenvalue weighted by atomic mass is 19.1. The van der Waals surface area contributed by atoms with Crippen LogP contribution in [0.2, 0.25) is 0 Å². The smallest absolute Gasteiger partial charge is 0.265 e. The first-order valence-corrected chi connectivity index (χ1v) is 7.42. The van der Waals surface area contributed by atoms with Gasteiger partial charge in [-0.25, -0.2) is 4.39 Å². The van der Waals surface area contributed by atoms with Crippen molar-refractivity contribution in [2.45, 2.75) is 32.7 Å². The molecule has 2 rings (SSSR count). The molecule has 2 aromatic rings. The van der Waals surface area contributed by atoms with Crippen molar-refractivity contribution >= 4 is 11.9 Å². The lowest BCUT2D eigenvalue weighted by Gasteiger charge is -2.15. The van der Waals surface area contributed by atoms with Crippen LogP contribution in [0, 0.1) is 12.7 Å². The Balaban J connectivity index is 1.87. The maximum Gasteiger partial charge on any atom is 0.265 e. The predicted octanol–water partition coefficient (Wildman–Crippen LogP) is 2.39. The Labute approximate surface area is 134 Å². The maximum absolute atomic E-state index is 13.3. The van der Waals surface area contributed by atoms with Gasteiger partial charge in [0.15, 0.2) is 0 Å². The number of anilines is 1. The molecule has 1 N–H and O–H groups in total. The fourth-order valence-corrected chi connectivity index (χ4v) is 2.08. The van der Waals surface area contributed by atoms with Gasteiger partial charge in [0.2, 0.25) is 11.8 Å². The standard InChI is InChI=1S/C16H21FN4O2/c1-10-9-12(5-6-13(10)17)11(2)18-14(22)7-8-15-19-16(20-23-15)21(3)4/h5-6,9,11H,7-8H2,1-4H3,(H,18,22)/t11-/m1/s1. The number of amides is 1. The van der Waals surface area contributed by atoms with Crippen molar-refractivity contribution in [3.8, 4) is 0 Å². The Morgan fingerprint density at radius 1 is 1.43 bits per heavy atom. The number of aromatic nitrogens is 2. The molecule has 0 saturated carbocycles. The zero-order chi connectivity index (χ0) is 17.0. The second-order valence-electron chi connectivity index (χ2n) is 5.68. The fourth-order valence-electron chi connectivity index (χ4n) is 2.08. The summed E-state index contributed by atoms with van der Waals surface area (Å²) in [5.41, 5.74) is 1.43. The summed E-state index contributed by atoms with van der Waals surface area (Å²) >= 11 is 0. The molecule has 6 nitrogen and oxygen atoms in total. The third-order valence-corrected chi connectivity index (χ3v) is 3.48. The first-order valence-electron chi connectivity index (χ1n) is 7.42. The molecule has 1 heterocycles. The number of hydrogen-bond acceptors (Lipinski definition) is 5. The Morgan fingerprint density at radius 2 is 2.17 bits per heavy atom. The van der Waals surface area contributed by atoms with Crippen LogP contribution in [-0.4, -0.2) is 30.1 Å². The maximum atomic E-state index is 13.3. The summed E-state index contributed by atoms with van der Waals surface area (Å²) in [6.45, 7) is 3.56. The van der Waals surface area contributed by atoms with E-state index in [2.05, 4.69) is 15.5 Å². The molecule has 0 radical (unpaired) electrons. The van der Waals surface area contributed by atoms with E-state index in [9.17, 15) is 9.18 Å². The van der Waals surface area contributed by atoms with Crippen LogP contribution in [0.25, 0.3) is 0 Å². The van der Waals surface area contributed by atoms with E-state index >= 15 is 0 Å². The van der Waals surface area contributed by atoms with Crippen molar-refractivity contribution in [3.05, 3.63) is 41.0 Å². The zero-order valence-corrected chi connectivity index (χ0v) is 13.8. The van der Waals surface area contributed by atoms with Crippen molar-refractivity contribution < 1.29 is 13.7 Å². The number of carbonyl (C=O) groups is 1. The van der Waals surface area contributed by atoms with Gasteiger partial charge in [-0.2, -0.15) is 4.98 Å². The molecule has 124 valence electrons. The van der Waals surface area contributed by atoms with Gasteiger partial charge in [0.25, 0.3) is 5.95 Å². The van der Waals surface area contributed by atoms with Crippen LogP contribution in [0.3, 0.4) is 0 Å². The fraction of sp³-hybridized carbons (Fsp3) is 0.438. The molecule has 0 aliphatic carbocycles. The zero-order valence-electron chi connectivity index (χ0n) is 13.8. The van der Waals surface area contributed by atoms with E-state index in [1.165, 1.54) is 6.07 Å². The van der Waals surface area contributed by atoms with Crippen molar-refractivity contribution in [2.75, 3.05) is 19.0 Å². The lowest BCUT2D eigenvalue weighted by atomic mass is 10.1. The molecule has 0 unspecified atom stereocenters. The molecule has 0 saturated heterocycles.